The number of hydrogen-bond acceptors (Lipinski definition) is 7. The van der Waals surface area contributed by atoms with Crippen LogP contribution in [0.2, 0.25) is 0 Å². The van der Waals surface area contributed by atoms with Crippen molar-refractivity contribution in [3.8, 4) is 11.5 Å². The maximum atomic E-state index is 12.0. The average Bonchev–Trinajstić information content (AvgIpc) is 2.67. The highest BCUT2D eigenvalue weighted by molar-refractivity contribution is 5.96. The van der Waals surface area contributed by atoms with E-state index in [0.29, 0.717) is 28.6 Å². The number of esters is 1. The minimum absolute atomic E-state index is 0.190. The summed E-state index contributed by atoms with van der Waals surface area (Å²) < 4.78 is 4.84. The van der Waals surface area contributed by atoms with E-state index in [-0.39, 0.29) is 5.92 Å². The average molecular weight is 363 g/mol. The lowest BCUT2D eigenvalue weighted by molar-refractivity contribution is 0.0601. The van der Waals surface area contributed by atoms with Crippen molar-refractivity contribution in [2.45, 2.75) is 26.7 Å². The van der Waals surface area contributed by atoms with E-state index in [1.807, 2.05) is 25.1 Å². The van der Waals surface area contributed by atoms with E-state index >= 15 is 0 Å². The molecule has 0 atom stereocenters. The lowest BCUT2D eigenvalue weighted by Gasteiger charge is -2.16. The maximum Gasteiger partial charge on any atom is 0.341 e. The number of anilines is 2. The molecule has 1 N–H and O–H groups in total. The highest BCUT2D eigenvalue weighted by Crippen LogP contribution is 2.28. The molecule has 0 aromatic carbocycles. The van der Waals surface area contributed by atoms with Crippen molar-refractivity contribution in [2.24, 2.45) is 0 Å². The van der Waals surface area contributed by atoms with Crippen LogP contribution in [0.1, 0.15) is 41.4 Å². The van der Waals surface area contributed by atoms with Gasteiger partial charge in [-0.2, -0.15) is 0 Å². The summed E-state index contributed by atoms with van der Waals surface area (Å²) in [6.07, 6.45) is 4.86. The van der Waals surface area contributed by atoms with Gasteiger partial charge in [0.05, 0.1) is 12.8 Å². The van der Waals surface area contributed by atoms with Crippen molar-refractivity contribution in [3.05, 3.63) is 59.7 Å². The van der Waals surface area contributed by atoms with Crippen molar-refractivity contribution in [2.75, 3.05) is 12.4 Å². The lowest BCUT2D eigenvalue weighted by Crippen LogP contribution is -2.09. The van der Waals surface area contributed by atoms with Gasteiger partial charge >= 0.3 is 5.97 Å². The zero-order chi connectivity index (χ0) is 19.4. The normalized spacial score (nSPS) is 10.7. The first kappa shape index (κ1) is 18.4. The third kappa shape index (κ3) is 4.08. The Kier molecular flexibility index (Phi) is 5.40. The monoisotopic (exact) mass is 363 g/mol. The first-order chi connectivity index (χ1) is 13.0. The Hall–Kier alpha value is -3.35. The molecule has 7 nitrogen and oxygen atoms in total. The van der Waals surface area contributed by atoms with E-state index in [0.717, 1.165) is 11.3 Å². The van der Waals surface area contributed by atoms with E-state index < -0.39 is 5.97 Å². The van der Waals surface area contributed by atoms with Gasteiger partial charge in [0, 0.05) is 29.8 Å². The molecule has 0 spiro atoms. The van der Waals surface area contributed by atoms with Crippen LogP contribution in [0.5, 0.6) is 0 Å². The summed E-state index contributed by atoms with van der Waals surface area (Å²) in [5.74, 6) is 0.857. The van der Waals surface area contributed by atoms with Crippen LogP contribution in [-0.2, 0) is 4.74 Å². The second-order valence-electron chi connectivity index (χ2n) is 6.35. The Bertz CT molecular complexity index is 972. The van der Waals surface area contributed by atoms with Crippen LogP contribution in [0.4, 0.5) is 11.5 Å². The molecular weight excluding hydrogens is 342 g/mol. The number of aryl methyl sites for hydroxylation is 1. The third-order valence-electron chi connectivity index (χ3n) is 4.04. The van der Waals surface area contributed by atoms with E-state index in [2.05, 4.69) is 39.1 Å². The smallest absolute Gasteiger partial charge is 0.341 e. The number of carbonyl (C=O) groups is 1. The molecule has 0 aliphatic rings. The lowest BCUT2D eigenvalue weighted by atomic mass is 10.1. The van der Waals surface area contributed by atoms with Crippen LogP contribution in [-0.4, -0.2) is 33.0 Å². The summed E-state index contributed by atoms with van der Waals surface area (Å²) in [5.41, 5.74) is 3.42. The SMILES string of the molecule is COC(=O)c1cnccc1Nc1nc(-c2cccc(C)n2)ncc1C(C)C. The molecule has 0 saturated heterocycles. The standard InChI is InChI=1S/C20H21N5O2/c1-12(2)14-11-22-19(17-7-5-6-13(3)23-17)25-18(14)24-16-8-9-21-10-15(16)20(26)27-4/h5-12H,1-4H3,(H,21,22,24,25). The number of methoxy groups -OCH3 is 1. The molecule has 0 aliphatic carbocycles. The number of rotatable bonds is 5. The van der Waals surface area contributed by atoms with E-state index in [4.69, 9.17) is 4.74 Å². The fourth-order valence-electron chi connectivity index (χ4n) is 2.61. The molecule has 0 bridgehead atoms. The number of pyridine rings is 2. The molecule has 0 aliphatic heterocycles. The van der Waals surface area contributed by atoms with Gasteiger partial charge in [-0.25, -0.2) is 19.7 Å². The second-order valence-corrected chi connectivity index (χ2v) is 6.35. The molecular formula is C20H21N5O2. The molecule has 0 unspecified atom stereocenters. The molecule has 3 rings (SSSR count). The highest BCUT2D eigenvalue weighted by Gasteiger charge is 2.17. The van der Waals surface area contributed by atoms with Crippen LogP contribution >= 0.6 is 0 Å². The van der Waals surface area contributed by atoms with Gasteiger partial charge < -0.3 is 10.1 Å². The molecule has 7 heteroatoms. The number of carbonyl (C=O) groups excluding carboxylic acids is 1. The number of ether oxygens (including phenoxy) is 1. The molecule has 3 aromatic rings. The van der Waals surface area contributed by atoms with Gasteiger partial charge in [0.15, 0.2) is 5.82 Å². The topological polar surface area (TPSA) is 89.9 Å². The molecule has 0 fully saturated rings. The second kappa shape index (κ2) is 7.90. The van der Waals surface area contributed by atoms with Gasteiger partial charge in [0.25, 0.3) is 0 Å². The van der Waals surface area contributed by atoms with Crippen LogP contribution in [0.15, 0.2) is 42.9 Å². The summed E-state index contributed by atoms with van der Waals surface area (Å²) in [5, 5.41) is 3.24. The maximum absolute atomic E-state index is 12.0. The Labute approximate surface area is 157 Å². The van der Waals surface area contributed by atoms with E-state index in [1.54, 1.807) is 18.5 Å². The zero-order valence-corrected chi connectivity index (χ0v) is 15.7. The largest absolute Gasteiger partial charge is 0.465 e. The Morgan fingerprint density at radius 1 is 1.15 bits per heavy atom. The predicted molar refractivity (Wildman–Crippen MR) is 103 cm³/mol. The summed E-state index contributed by atoms with van der Waals surface area (Å²) in [6, 6.07) is 7.42. The summed E-state index contributed by atoms with van der Waals surface area (Å²) in [6.45, 7) is 6.04. The van der Waals surface area contributed by atoms with Crippen molar-refractivity contribution < 1.29 is 9.53 Å². The molecule has 27 heavy (non-hydrogen) atoms. The zero-order valence-electron chi connectivity index (χ0n) is 15.7. The molecule has 0 radical (unpaired) electrons. The fourth-order valence-corrected chi connectivity index (χ4v) is 2.61. The summed E-state index contributed by atoms with van der Waals surface area (Å²) in [7, 11) is 1.34. The number of nitrogens with zero attached hydrogens (tertiary/aromatic N) is 4. The first-order valence-corrected chi connectivity index (χ1v) is 8.60. The summed E-state index contributed by atoms with van der Waals surface area (Å²) >= 11 is 0. The molecule has 0 saturated carbocycles. The molecule has 0 amide bonds. The Morgan fingerprint density at radius 3 is 2.67 bits per heavy atom. The van der Waals surface area contributed by atoms with Gasteiger partial charge in [-0.3, -0.25) is 4.98 Å². The van der Waals surface area contributed by atoms with Gasteiger partial charge in [0.1, 0.15) is 17.1 Å². The Balaban J connectivity index is 2.06. The van der Waals surface area contributed by atoms with E-state index in [1.165, 1.54) is 13.3 Å². The number of aromatic nitrogens is 4. The number of hydrogen-bond donors (Lipinski definition) is 1. The van der Waals surface area contributed by atoms with Crippen molar-refractivity contribution in [1.82, 2.24) is 19.9 Å². The molecule has 3 heterocycles. The van der Waals surface area contributed by atoms with Crippen molar-refractivity contribution in [1.29, 1.82) is 0 Å². The van der Waals surface area contributed by atoms with Crippen LogP contribution in [0, 0.1) is 6.92 Å². The molecule has 138 valence electrons. The Morgan fingerprint density at radius 2 is 1.96 bits per heavy atom. The highest BCUT2D eigenvalue weighted by atomic mass is 16.5. The molecule has 3 aromatic heterocycles. The van der Waals surface area contributed by atoms with Gasteiger partial charge in [-0.15, -0.1) is 0 Å². The minimum Gasteiger partial charge on any atom is -0.465 e. The van der Waals surface area contributed by atoms with Crippen LogP contribution in [0.25, 0.3) is 11.5 Å². The third-order valence-corrected chi connectivity index (χ3v) is 4.04. The number of nitrogens with one attached hydrogen (secondary N) is 1. The van der Waals surface area contributed by atoms with Gasteiger partial charge in [-0.05, 0) is 31.0 Å². The van der Waals surface area contributed by atoms with Gasteiger partial charge in [0.2, 0.25) is 0 Å². The van der Waals surface area contributed by atoms with Crippen LogP contribution in [0.3, 0.4) is 0 Å². The fraction of sp³-hybridized carbons (Fsp3) is 0.250. The van der Waals surface area contributed by atoms with E-state index in [9.17, 15) is 4.79 Å². The minimum atomic E-state index is -0.466. The van der Waals surface area contributed by atoms with Crippen molar-refractivity contribution >= 4 is 17.5 Å². The quantitative estimate of drug-likeness (QED) is 0.688. The summed E-state index contributed by atoms with van der Waals surface area (Å²) in [4.78, 5) is 29.7. The predicted octanol–water partition coefficient (Wildman–Crippen LogP) is 3.90. The van der Waals surface area contributed by atoms with Crippen molar-refractivity contribution in [3.63, 3.8) is 0 Å². The van der Waals surface area contributed by atoms with Crippen LogP contribution < -0.4 is 5.32 Å². The first-order valence-electron chi connectivity index (χ1n) is 8.60. The van der Waals surface area contributed by atoms with Gasteiger partial charge in [-0.1, -0.05) is 19.9 Å².